The summed E-state index contributed by atoms with van der Waals surface area (Å²) in [4.78, 5) is 25.6. The van der Waals surface area contributed by atoms with E-state index in [0.717, 1.165) is 18.4 Å². The molecule has 0 spiro atoms. The molecule has 0 aliphatic rings. The van der Waals surface area contributed by atoms with Gasteiger partial charge in [-0.05, 0) is 56.2 Å². The number of ether oxygens (including phenoxy) is 1. The molecule has 0 unspecified atom stereocenters. The van der Waals surface area contributed by atoms with Gasteiger partial charge in [0.2, 0.25) is 0 Å². The SMILES string of the molecule is Cc1cc(OC(F)(F)F)ccc1NC(=O)c1cccc(C)c1C(=O)N[C@@H](C)CS(C)(=O)=O. The van der Waals surface area contributed by atoms with Gasteiger partial charge < -0.3 is 15.4 Å². The molecule has 2 N–H and O–H groups in total. The number of hydrogen-bond donors (Lipinski definition) is 2. The van der Waals surface area contributed by atoms with E-state index in [-0.39, 0.29) is 22.6 Å². The molecule has 0 fully saturated rings. The van der Waals surface area contributed by atoms with E-state index in [1.54, 1.807) is 19.1 Å². The summed E-state index contributed by atoms with van der Waals surface area (Å²) in [6, 6.07) is 7.39. The number of carbonyl (C=O) groups excluding carboxylic acids is 2. The average Bonchev–Trinajstić information content (AvgIpc) is 2.60. The van der Waals surface area contributed by atoms with Crippen molar-refractivity contribution < 1.29 is 35.9 Å². The Morgan fingerprint density at radius 2 is 1.72 bits per heavy atom. The van der Waals surface area contributed by atoms with Gasteiger partial charge in [0.25, 0.3) is 11.8 Å². The lowest BCUT2D eigenvalue weighted by Crippen LogP contribution is -2.38. The van der Waals surface area contributed by atoms with Gasteiger partial charge in [-0.3, -0.25) is 9.59 Å². The Kier molecular flexibility index (Phi) is 7.55. The summed E-state index contributed by atoms with van der Waals surface area (Å²) in [7, 11) is -3.32. The van der Waals surface area contributed by atoms with Crippen LogP contribution in [0.2, 0.25) is 0 Å². The van der Waals surface area contributed by atoms with Crippen molar-refractivity contribution in [2.45, 2.75) is 33.2 Å². The number of benzene rings is 2. The molecule has 11 heteroatoms. The zero-order chi connectivity index (χ0) is 24.3. The maximum Gasteiger partial charge on any atom is 0.573 e. The van der Waals surface area contributed by atoms with E-state index in [2.05, 4.69) is 15.4 Å². The fourth-order valence-electron chi connectivity index (χ4n) is 3.11. The molecule has 0 heterocycles. The number of rotatable bonds is 7. The predicted molar refractivity (Wildman–Crippen MR) is 114 cm³/mol. The molecule has 0 saturated carbocycles. The Bertz CT molecular complexity index is 1130. The van der Waals surface area contributed by atoms with Crippen LogP contribution in [0.3, 0.4) is 0 Å². The van der Waals surface area contributed by atoms with Crippen LogP contribution >= 0.6 is 0 Å². The second-order valence-electron chi connectivity index (χ2n) is 7.44. The van der Waals surface area contributed by atoms with Gasteiger partial charge in [0.15, 0.2) is 0 Å². The van der Waals surface area contributed by atoms with Crippen molar-refractivity contribution in [3.05, 3.63) is 58.7 Å². The molecule has 0 bridgehead atoms. The van der Waals surface area contributed by atoms with Crippen molar-refractivity contribution in [3.63, 3.8) is 0 Å². The third kappa shape index (κ3) is 7.26. The molecule has 0 saturated heterocycles. The van der Waals surface area contributed by atoms with E-state index in [4.69, 9.17) is 0 Å². The number of aryl methyl sites for hydroxylation is 2. The van der Waals surface area contributed by atoms with E-state index < -0.39 is 39.8 Å². The summed E-state index contributed by atoms with van der Waals surface area (Å²) in [5.41, 5.74) is 1.15. The minimum absolute atomic E-state index is 0.0315. The number of anilines is 1. The molecule has 0 aliphatic heterocycles. The highest BCUT2D eigenvalue weighted by molar-refractivity contribution is 7.90. The zero-order valence-corrected chi connectivity index (χ0v) is 18.6. The lowest BCUT2D eigenvalue weighted by atomic mass is 10.00. The molecule has 0 aromatic heterocycles. The highest BCUT2D eigenvalue weighted by atomic mass is 32.2. The van der Waals surface area contributed by atoms with Crippen LogP contribution in [0.4, 0.5) is 18.9 Å². The fourth-order valence-corrected chi connectivity index (χ4v) is 4.10. The largest absolute Gasteiger partial charge is 0.573 e. The molecule has 2 aromatic carbocycles. The molecular formula is C21H23F3N2O5S. The fraction of sp³-hybridized carbons (Fsp3) is 0.333. The third-order valence-electron chi connectivity index (χ3n) is 4.35. The van der Waals surface area contributed by atoms with E-state index in [9.17, 15) is 31.2 Å². The predicted octanol–water partition coefficient (Wildman–Crippen LogP) is 3.62. The van der Waals surface area contributed by atoms with Gasteiger partial charge in [-0.15, -0.1) is 13.2 Å². The first-order valence-corrected chi connectivity index (χ1v) is 11.5. The summed E-state index contributed by atoms with van der Waals surface area (Å²) < 4.78 is 63.9. The Morgan fingerprint density at radius 3 is 2.28 bits per heavy atom. The van der Waals surface area contributed by atoms with Gasteiger partial charge in [0.05, 0.1) is 16.9 Å². The Morgan fingerprint density at radius 1 is 1.06 bits per heavy atom. The monoisotopic (exact) mass is 472 g/mol. The maximum atomic E-state index is 12.9. The van der Waals surface area contributed by atoms with Crippen LogP contribution in [0.1, 0.15) is 38.8 Å². The molecule has 0 radical (unpaired) electrons. The first kappa shape index (κ1) is 25.2. The summed E-state index contributed by atoms with van der Waals surface area (Å²) in [5.74, 6) is -1.96. The van der Waals surface area contributed by atoms with Crippen molar-refractivity contribution >= 4 is 27.3 Å². The first-order chi connectivity index (χ1) is 14.7. The molecule has 174 valence electrons. The number of sulfone groups is 1. The topological polar surface area (TPSA) is 102 Å². The summed E-state index contributed by atoms with van der Waals surface area (Å²) >= 11 is 0. The standard InChI is InChI=1S/C21H23F3N2O5S/c1-12-6-5-7-16(18(12)20(28)25-14(3)11-32(4,29)30)19(27)26-17-9-8-15(10-13(17)2)31-21(22,23)24/h5-10,14H,11H2,1-4H3,(H,25,28)(H,26,27)/t14-/m0/s1. The first-order valence-electron chi connectivity index (χ1n) is 9.42. The molecule has 2 rings (SSSR count). The lowest BCUT2D eigenvalue weighted by Gasteiger charge is -2.17. The van der Waals surface area contributed by atoms with Crippen molar-refractivity contribution in [1.82, 2.24) is 5.32 Å². The van der Waals surface area contributed by atoms with Gasteiger partial charge in [0.1, 0.15) is 15.6 Å². The third-order valence-corrected chi connectivity index (χ3v) is 5.46. The molecule has 0 aliphatic carbocycles. The van der Waals surface area contributed by atoms with Crippen molar-refractivity contribution in [2.75, 3.05) is 17.3 Å². The van der Waals surface area contributed by atoms with Crippen LogP contribution in [0.15, 0.2) is 36.4 Å². The minimum Gasteiger partial charge on any atom is -0.406 e. The second kappa shape index (κ2) is 9.60. The quantitative estimate of drug-likeness (QED) is 0.641. The van der Waals surface area contributed by atoms with Crippen LogP contribution in [-0.4, -0.2) is 44.6 Å². The molecule has 2 amide bonds. The maximum absolute atomic E-state index is 12.9. The number of hydrogen-bond acceptors (Lipinski definition) is 5. The van der Waals surface area contributed by atoms with Crippen molar-refractivity contribution in [3.8, 4) is 5.75 Å². The van der Waals surface area contributed by atoms with Gasteiger partial charge >= 0.3 is 6.36 Å². The van der Waals surface area contributed by atoms with E-state index in [1.807, 2.05) is 0 Å². The number of halogens is 3. The number of alkyl halides is 3. The average molecular weight is 472 g/mol. The molecular weight excluding hydrogens is 449 g/mol. The second-order valence-corrected chi connectivity index (χ2v) is 9.63. The van der Waals surface area contributed by atoms with E-state index in [1.165, 1.54) is 26.0 Å². The van der Waals surface area contributed by atoms with Crippen LogP contribution in [-0.2, 0) is 9.84 Å². The molecule has 32 heavy (non-hydrogen) atoms. The Hall–Kier alpha value is -3.08. The highest BCUT2D eigenvalue weighted by Crippen LogP contribution is 2.27. The van der Waals surface area contributed by atoms with Crippen molar-refractivity contribution in [1.29, 1.82) is 0 Å². The number of amides is 2. The minimum atomic E-state index is -4.84. The smallest absolute Gasteiger partial charge is 0.406 e. The Balaban J connectivity index is 2.26. The zero-order valence-electron chi connectivity index (χ0n) is 17.8. The summed E-state index contributed by atoms with van der Waals surface area (Å²) in [6.45, 7) is 4.65. The summed E-state index contributed by atoms with van der Waals surface area (Å²) in [6.07, 6.45) is -3.79. The lowest BCUT2D eigenvalue weighted by molar-refractivity contribution is -0.274. The molecule has 2 aromatic rings. The molecule has 1 atom stereocenters. The van der Waals surface area contributed by atoms with Crippen LogP contribution in [0.5, 0.6) is 5.75 Å². The highest BCUT2D eigenvalue weighted by Gasteiger charge is 2.31. The number of nitrogens with one attached hydrogen (secondary N) is 2. The van der Waals surface area contributed by atoms with Crippen LogP contribution in [0, 0.1) is 13.8 Å². The van der Waals surface area contributed by atoms with Crippen LogP contribution < -0.4 is 15.4 Å². The molecule has 7 nitrogen and oxygen atoms in total. The Labute approximate surface area is 183 Å². The van der Waals surface area contributed by atoms with Gasteiger partial charge in [0, 0.05) is 18.0 Å². The van der Waals surface area contributed by atoms with Gasteiger partial charge in [-0.1, -0.05) is 12.1 Å². The van der Waals surface area contributed by atoms with Gasteiger partial charge in [-0.25, -0.2) is 8.42 Å². The van der Waals surface area contributed by atoms with Gasteiger partial charge in [-0.2, -0.15) is 0 Å². The van der Waals surface area contributed by atoms with E-state index >= 15 is 0 Å². The van der Waals surface area contributed by atoms with Crippen LogP contribution in [0.25, 0.3) is 0 Å². The van der Waals surface area contributed by atoms with E-state index in [0.29, 0.717) is 11.1 Å². The normalized spacial score (nSPS) is 12.7. The summed E-state index contributed by atoms with van der Waals surface area (Å²) in [5, 5.41) is 5.15. The number of carbonyl (C=O) groups is 2. The van der Waals surface area contributed by atoms with Crippen molar-refractivity contribution in [2.24, 2.45) is 0 Å².